The molecule has 2 aliphatic rings. The Bertz CT molecular complexity index is 3750. The fourth-order valence-electron chi connectivity index (χ4n) is 11.5. The van der Waals surface area contributed by atoms with Crippen molar-refractivity contribution in [3.05, 3.63) is 196 Å². The number of benzene rings is 9. The van der Waals surface area contributed by atoms with E-state index in [1.807, 2.05) is 0 Å². The lowest BCUT2D eigenvalue weighted by Crippen LogP contribution is -2.59. The molecule has 0 amide bonds. The van der Waals surface area contributed by atoms with E-state index >= 15 is 0 Å². The van der Waals surface area contributed by atoms with Crippen LogP contribution in [0.4, 0.5) is 0 Å². The molecule has 2 aliphatic heterocycles. The predicted octanol–water partition coefficient (Wildman–Crippen LogP) is 14.7. The zero-order valence-corrected chi connectivity index (χ0v) is 38.2. The molecule has 0 fully saturated rings. The van der Waals surface area contributed by atoms with E-state index in [0.717, 1.165) is 8.95 Å². The standard InChI is InChI=1S/C58H39BBr2N2/c1-58(2,3)54-52-44-24-10-8-20-40(44)36-16-4-6-18-38(36)42-22-12-14-26-48(42)62-50-30-28-34(60)32-46(50)59-47-33-35(61)29-31-51(47)63-49-27-15-13-23-43(49)39-19-7-5-17-37(39)41-21-9-11-25-45(41)53(54)57(63)55(59)56(52)62/h4-33H,1-3H3. The topological polar surface area (TPSA) is 9.86 Å². The lowest BCUT2D eigenvalue weighted by molar-refractivity contribution is 0.601. The molecule has 0 N–H and O–H groups in total. The van der Waals surface area contributed by atoms with Crippen LogP contribution in [0.1, 0.15) is 26.3 Å². The van der Waals surface area contributed by atoms with Gasteiger partial charge in [0, 0.05) is 41.9 Å². The Morgan fingerprint density at radius 2 is 0.698 bits per heavy atom. The van der Waals surface area contributed by atoms with Gasteiger partial charge in [-0.3, -0.25) is 0 Å². The van der Waals surface area contributed by atoms with Crippen molar-refractivity contribution in [2.75, 3.05) is 0 Å². The highest BCUT2D eigenvalue weighted by Crippen LogP contribution is 2.47. The lowest BCUT2D eigenvalue weighted by Gasteiger charge is -2.38. The van der Waals surface area contributed by atoms with Crippen LogP contribution in [0.15, 0.2) is 191 Å². The summed E-state index contributed by atoms with van der Waals surface area (Å²) in [5.74, 6) is 0. The molecule has 0 aliphatic carbocycles. The van der Waals surface area contributed by atoms with Gasteiger partial charge in [-0.15, -0.1) is 0 Å². The average Bonchev–Trinajstić information content (AvgIpc) is 3.38. The summed E-state index contributed by atoms with van der Waals surface area (Å²) >= 11 is 8.01. The van der Waals surface area contributed by atoms with Crippen LogP contribution in [0, 0.1) is 0 Å². The molecule has 0 spiro atoms. The van der Waals surface area contributed by atoms with Crippen LogP contribution in [0.5, 0.6) is 0 Å². The van der Waals surface area contributed by atoms with Gasteiger partial charge in [0.05, 0.1) is 22.1 Å². The van der Waals surface area contributed by atoms with Crippen LogP contribution in [0.2, 0.25) is 0 Å². The Kier molecular flexibility index (Phi) is 8.00. The van der Waals surface area contributed by atoms with Crippen molar-refractivity contribution in [3.8, 4) is 11.4 Å². The summed E-state index contributed by atoms with van der Waals surface area (Å²) in [4.78, 5) is 0. The molecule has 0 unspecified atom stereocenters. The Labute approximate surface area is 382 Å². The monoisotopic (exact) mass is 932 g/mol. The molecule has 13 rings (SSSR count). The van der Waals surface area contributed by atoms with E-state index in [9.17, 15) is 0 Å². The number of hydrogen-bond donors (Lipinski definition) is 0. The summed E-state index contributed by atoms with van der Waals surface area (Å²) in [6.45, 7) is 7.18. The van der Waals surface area contributed by atoms with Crippen molar-refractivity contribution in [2.45, 2.75) is 26.2 Å². The highest BCUT2D eigenvalue weighted by atomic mass is 79.9. The van der Waals surface area contributed by atoms with E-state index in [1.165, 1.54) is 120 Å². The maximum absolute atomic E-state index is 4.01. The third-order valence-electron chi connectivity index (χ3n) is 13.8. The molecule has 9 aromatic carbocycles. The van der Waals surface area contributed by atoms with Crippen molar-refractivity contribution in [1.29, 1.82) is 0 Å². The first kappa shape index (κ1) is 37.2. The van der Waals surface area contributed by atoms with Crippen molar-refractivity contribution in [2.24, 2.45) is 0 Å². The molecule has 2 nitrogen and oxygen atoms in total. The summed E-state index contributed by atoms with van der Waals surface area (Å²) in [5.41, 5.74) is 12.1. The van der Waals surface area contributed by atoms with E-state index in [1.54, 1.807) is 0 Å². The van der Waals surface area contributed by atoms with Gasteiger partial charge in [-0.2, -0.15) is 0 Å². The summed E-state index contributed by atoms with van der Waals surface area (Å²) in [5, 5.41) is 14.8. The van der Waals surface area contributed by atoms with E-state index in [2.05, 4.69) is 244 Å². The fourth-order valence-corrected chi connectivity index (χ4v) is 12.2. The third-order valence-corrected chi connectivity index (χ3v) is 14.7. The van der Waals surface area contributed by atoms with Crippen LogP contribution in [-0.2, 0) is 5.41 Å². The first-order valence-corrected chi connectivity index (χ1v) is 23.4. The quantitative estimate of drug-likeness (QED) is 0.134. The maximum Gasteiger partial charge on any atom is 0.252 e. The SMILES string of the molecule is CC(C)(C)c1c2c3ccccc3c3ccccc3c3ccccc3n3c2c2c4c1c1ccccc1c1ccccc1c1ccccc1n4-c1ccc(Br)cc1B2c1cc(Br)ccc1-3. The van der Waals surface area contributed by atoms with Crippen LogP contribution >= 0.6 is 31.9 Å². The second kappa shape index (κ2) is 13.6. The fraction of sp³-hybridized carbons (Fsp3) is 0.0690. The van der Waals surface area contributed by atoms with E-state index in [0.29, 0.717) is 0 Å². The smallest absolute Gasteiger partial charge is 0.252 e. The molecule has 298 valence electrons. The predicted molar refractivity (Wildman–Crippen MR) is 279 cm³/mol. The van der Waals surface area contributed by atoms with Gasteiger partial charge in [-0.25, -0.2) is 0 Å². The molecule has 0 saturated heterocycles. The van der Waals surface area contributed by atoms with Gasteiger partial charge in [-0.05, 0) is 107 Å². The number of nitrogens with zero attached hydrogens (tertiary/aromatic N) is 2. The molecule has 63 heavy (non-hydrogen) atoms. The van der Waals surface area contributed by atoms with Crippen LogP contribution < -0.4 is 16.4 Å². The van der Waals surface area contributed by atoms with Gasteiger partial charge in [0.2, 0.25) is 0 Å². The van der Waals surface area contributed by atoms with Crippen molar-refractivity contribution >= 4 is 142 Å². The first-order chi connectivity index (χ1) is 30.8. The number of para-hydroxylation sites is 2. The van der Waals surface area contributed by atoms with Crippen molar-refractivity contribution in [3.63, 3.8) is 0 Å². The molecule has 4 heterocycles. The second-order valence-corrected chi connectivity index (χ2v) is 20.0. The second-order valence-electron chi connectivity index (χ2n) is 18.2. The minimum Gasteiger partial charge on any atom is -0.310 e. The normalized spacial score (nSPS) is 12.8. The summed E-state index contributed by atoms with van der Waals surface area (Å²) in [7, 11) is 0. The number of rotatable bonds is 0. The van der Waals surface area contributed by atoms with Gasteiger partial charge < -0.3 is 9.13 Å². The van der Waals surface area contributed by atoms with Gasteiger partial charge in [0.1, 0.15) is 0 Å². The van der Waals surface area contributed by atoms with E-state index in [-0.39, 0.29) is 12.1 Å². The number of fused-ring (bicyclic) bond motifs is 20. The zero-order chi connectivity index (χ0) is 42.3. The molecule has 11 aromatic rings. The number of halogens is 2. The van der Waals surface area contributed by atoms with Gasteiger partial charge >= 0.3 is 0 Å². The van der Waals surface area contributed by atoms with Crippen molar-refractivity contribution in [1.82, 2.24) is 9.13 Å². The summed E-state index contributed by atoms with van der Waals surface area (Å²) in [6, 6.07) is 68.6. The third kappa shape index (κ3) is 5.18. The molecule has 2 aromatic heterocycles. The van der Waals surface area contributed by atoms with Crippen LogP contribution in [-0.4, -0.2) is 15.8 Å². The molecular formula is C58H39BBr2N2. The zero-order valence-electron chi connectivity index (χ0n) is 35.0. The van der Waals surface area contributed by atoms with Gasteiger partial charge in [0.25, 0.3) is 6.71 Å². The van der Waals surface area contributed by atoms with Crippen LogP contribution in [0.25, 0.3) is 98.1 Å². The molecule has 5 heteroatoms. The Morgan fingerprint density at radius 3 is 1.08 bits per heavy atom. The highest BCUT2D eigenvalue weighted by Gasteiger charge is 2.42. The first-order valence-electron chi connectivity index (χ1n) is 21.8. The highest BCUT2D eigenvalue weighted by molar-refractivity contribution is 9.10. The van der Waals surface area contributed by atoms with E-state index < -0.39 is 0 Å². The number of hydrogen-bond acceptors (Lipinski definition) is 0. The summed E-state index contributed by atoms with van der Waals surface area (Å²) < 4.78 is 7.42. The molecule has 0 atom stereocenters. The Hall–Kier alpha value is -6.40. The number of aromatic nitrogens is 2. The molecular weight excluding hydrogens is 895 g/mol. The van der Waals surface area contributed by atoms with Gasteiger partial charge in [-0.1, -0.05) is 198 Å². The van der Waals surface area contributed by atoms with E-state index in [4.69, 9.17) is 0 Å². The van der Waals surface area contributed by atoms with Gasteiger partial charge in [0.15, 0.2) is 0 Å². The van der Waals surface area contributed by atoms with Crippen LogP contribution in [0.3, 0.4) is 0 Å². The minimum absolute atomic E-state index is 0.0982. The largest absolute Gasteiger partial charge is 0.310 e. The Balaban J connectivity index is 1.56. The molecule has 0 bridgehead atoms. The lowest BCUT2D eigenvalue weighted by atomic mass is 9.34. The molecule has 0 saturated carbocycles. The maximum atomic E-state index is 4.01. The molecule has 0 radical (unpaired) electrons. The minimum atomic E-state index is -0.330. The Morgan fingerprint density at radius 1 is 0.381 bits per heavy atom. The summed E-state index contributed by atoms with van der Waals surface area (Å²) in [6.07, 6.45) is 0. The van der Waals surface area contributed by atoms with Crippen molar-refractivity contribution < 1.29 is 0 Å². The average molecular weight is 935 g/mol.